The Balaban J connectivity index is 1.66. The molecule has 3 aliphatic heterocycles. The molecule has 3 rings (SSSR count). The number of sulfonamides is 1. The van der Waals surface area contributed by atoms with E-state index in [1.54, 1.807) is 0 Å². The van der Waals surface area contributed by atoms with Gasteiger partial charge < -0.3 is 10.2 Å². The van der Waals surface area contributed by atoms with E-state index in [-0.39, 0.29) is 11.7 Å². The van der Waals surface area contributed by atoms with E-state index >= 15 is 0 Å². The molecule has 0 radical (unpaired) electrons. The van der Waals surface area contributed by atoms with Gasteiger partial charge in [0.2, 0.25) is 15.9 Å². The molecule has 0 aromatic rings. The highest BCUT2D eigenvalue weighted by Crippen LogP contribution is 2.37. The lowest BCUT2D eigenvalue weighted by Crippen LogP contribution is -2.55. The van der Waals surface area contributed by atoms with Crippen molar-refractivity contribution in [1.82, 2.24) is 14.5 Å². The van der Waals surface area contributed by atoms with Crippen LogP contribution in [0.4, 0.5) is 0 Å². The molecule has 0 bridgehead atoms. The third kappa shape index (κ3) is 3.63. The van der Waals surface area contributed by atoms with Crippen LogP contribution in [0.3, 0.4) is 0 Å². The van der Waals surface area contributed by atoms with Crippen LogP contribution in [0.25, 0.3) is 0 Å². The van der Waals surface area contributed by atoms with Gasteiger partial charge in [0.05, 0.1) is 5.75 Å². The SMILES string of the molecule is CCCS(=O)(=O)N1CCCCC1C(=O)N1CCC2(CCNC2)CC1. The number of nitrogens with zero attached hydrogens (tertiary/aromatic N) is 2. The number of amides is 1. The Morgan fingerprint density at radius 2 is 1.92 bits per heavy atom. The van der Waals surface area contributed by atoms with Gasteiger partial charge in [-0.25, -0.2) is 8.42 Å². The third-order valence-corrected chi connectivity index (χ3v) is 8.10. The van der Waals surface area contributed by atoms with Crippen LogP contribution in [0.2, 0.25) is 0 Å². The smallest absolute Gasteiger partial charge is 0.241 e. The zero-order valence-electron chi connectivity index (χ0n) is 14.8. The van der Waals surface area contributed by atoms with Gasteiger partial charge in [0.1, 0.15) is 6.04 Å². The summed E-state index contributed by atoms with van der Waals surface area (Å²) in [6.45, 7) is 6.07. The van der Waals surface area contributed by atoms with Gasteiger partial charge in [-0.2, -0.15) is 4.31 Å². The first-order chi connectivity index (χ1) is 11.5. The predicted molar refractivity (Wildman–Crippen MR) is 94.2 cm³/mol. The summed E-state index contributed by atoms with van der Waals surface area (Å²) in [6, 6.07) is -0.467. The van der Waals surface area contributed by atoms with E-state index in [2.05, 4.69) is 5.32 Å². The Morgan fingerprint density at radius 1 is 1.17 bits per heavy atom. The summed E-state index contributed by atoms with van der Waals surface area (Å²) >= 11 is 0. The van der Waals surface area contributed by atoms with Crippen LogP contribution in [0.5, 0.6) is 0 Å². The average molecular weight is 358 g/mol. The third-order valence-electron chi connectivity index (χ3n) is 6.03. The van der Waals surface area contributed by atoms with Crippen molar-refractivity contribution in [2.45, 2.75) is 57.9 Å². The maximum atomic E-state index is 13.0. The highest BCUT2D eigenvalue weighted by atomic mass is 32.2. The topological polar surface area (TPSA) is 69.7 Å². The standard InChI is InChI=1S/C17H31N3O3S/c1-2-13-24(22,23)20-10-4-3-5-15(20)16(21)19-11-7-17(8-12-19)6-9-18-14-17/h15,18H,2-14H2,1H3. The summed E-state index contributed by atoms with van der Waals surface area (Å²) in [4.78, 5) is 14.9. The normalized spacial score (nSPS) is 28.4. The van der Waals surface area contributed by atoms with Crippen molar-refractivity contribution >= 4 is 15.9 Å². The van der Waals surface area contributed by atoms with Gasteiger partial charge in [-0.3, -0.25) is 4.79 Å². The number of carbonyl (C=O) groups excluding carboxylic acids is 1. The van der Waals surface area contributed by atoms with E-state index in [0.29, 0.717) is 24.8 Å². The van der Waals surface area contributed by atoms with Gasteiger partial charge in [0.15, 0.2) is 0 Å². The van der Waals surface area contributed by atoms with Crippen LogP contribution in [-0.2, 0) is 14.8 Å². The fraction of sp³-hybridized carbons (Fsp3) is 0.941. The maximum Gasteiger partial charge on any atom is 0.241 e. The van der Waals surface area contributed by atoms with E-state index in [9.17, 15) is 13.2 Å². The van der Waals surface area contributed by atoms with Gasteiger partial charge in [0.25, 0.3) is 0 Å². The van der Waals surface area contributed by atoms with Crippen molar-refractivity contribution in [2.75, 3.05) is 38.5 Å². The summed E-state index contributed by atoms with van der Waals surface area (Å²) in [7, 11) is -3.31. The summed E-state index contributed by atoms with van der Waals surface area (Å²) in [5, 5.41) is 3.44. The Kier molecular flexibility index (Phi) is 5.52. The van der Waals surface area contributed by atoms with E-state index in [4.69, 9.17) is 0 Å². The molecule has 0 aliphatic carbocycles. The highest BCUT2D eigenvalue weighted by molar-refractivity contribution is 7.89. The minimum absolute atomic E-state index is 0.0372. The number of nitrogens with one attached hydrogen (secondary N) is 1. The second-order valence-corrected chi connectivity index (χ2v) is 9.73. The number of rotatable bonds is 4. The maximum absolute atomic E-state index is 13.0. The van der Waals surface area contributed by atoms with E-state index < -0.39 is 16.1 Å². The molecule has 3 fully saturated rings. The molecule has 3 saturated heterocycles. The fourth-order valence-corrected chi connectivity index (χ4v) is 6.24. The van der Waals surface area contributed by atoms with Crippen molar-refractivity contribution in [2.24, 2.45) is 5.41 Å². The largest absolute Gasteiger partial charge is 0.341 e. The van der Waals surface area contributed by atoms with Crippen LogP contribution >= 0.6 is 0 Å². The quantitative estimate of drug-likeness (QED) is 0.820. The second kappa shape index (κ2) is 7.30. The molecule has 0 aromatic carbocycles. The van der Waals surface area contributed by atoms with Crippen LogP contribution < -0.4 is 5.32 Å². The van der Waals surface area contributed by atoms with E-state index in [1.165, 1.54) is 10.7 Å². The van der Waals surface area contributed by atoms with Crippen LogP contribution in [0, 0.1) is 5.41 Å². The Hall–Kier alpha value is -0.660. The average Bonchev–Trinajstić information content (AvgIpc) is 3.03. The Morgan fingerprint density at radius 3 is 2.54 bits per heavy atom. The molecule has 24 heavy (non-hydrogen) atoms. The Bertz CT molecular complexity index is 547. The molecule has 138 valence electrons. The molecule has 1 unspecified atom stereocenters. The lowest BCUT2D eigenvalue weighted by molar-refractivity contribution is -0.138. The highest BCUT2D eigenvalue weighted by Gasteiger charge is 2.42. The van der Waals surface area contributed by atoms with E-state index in [1.807, 2.05) is 11.8 Å². The molecule has 0 aromatic heterocycles. The van der Waals surface area contributed by atoms with Crippen molar-refractivity contribution in [3.8, 4) is 0 Å². The number of carbonyl (C=O) groups is 1. The predicted octanol–water partition coefficient (Wildman–Crippen LogP) is 1.18. The number of hydrogen-bond acceptors (Lipinski definition) is 4. The van der Waals surface area contributed by atoms with Gasteiger partial charge >= 0.3 is 0 Å². The van der Waals surface area contributed by atoms with Crippen molar-refractivity contribution in [1.29, 1.82) is 0 Å². The van der Waals surface area contributed by atoms with Crippen LogP contribution in [0.15, 0.2) is 0 Å². The van der Waals surface area contributed by atoms with Gasteiger partial charge in [-0.15, -0.1) is 0 Å². The van der Waals surface area contributed by atoms with E-state index in [0.717, 1.165) is 51.9 Å². The van der Waals surface area contributed by atoms with Crippen molar-refractivity contribution in [3.63, 3.8) is 0 Å². The molecule has 1 amide bonds. The number of likely N-dealkylation sites (tertiary alicyclic amines) is 1. The molecule has 1 N–H and O–H groups in total. The molecule has 3 heterocycles. The molecule has 6 nitrogen and oxygen atoms in total. The summed E-state index contributed by atoms with van der Waals surface area (Å²) in [6.07, 6.45) is 6.36. The van der Waals surface area contributed by atoms with Gasteiger partial charge in [-0.05, 0) is 50.5 Å². The van der Waals surface area contributed by atoms with Gasteiger partial charge in [0, 0.05) is 26.2 Å². The molecular formula is C17H31N3O3S. The molecule has 0 saturated carbocycles. The molecule has 1 spiro atoms. The number of hydrogen-bond donors (Lipinski definition) is 1. The zero-order valence-corrected chi connectivity index (χ0v) is 15.6. The minimum atomic E-state index is -3.31. The molecule has 7 heteroatoms. The fourth-order valence-electron chi connectivity index (χ4n) is 4.49. The first-order valence-corrected chi connectivity index (χ1v) is 11.1. The van der Waals surface area contributed by atoms with Crippen molar-refractivity contribution in [3.05, 3.63) is 0 Å². The lowest BCUT2D eigenvalue weighted by Gasteiger charge is -2.42. The zero-order chi connectivity index (χ0) is 17.2. The van der Waals surface area contributed by atoms with Crippen molar-refractivity contribution < 1.29 is 13.2 Å². The second-order valence-electron chi connectivity index (χ2n) is 7.69. The summed E-state index contributed by atoms with van der Waals surface area (Å²) in [5.74, 6) is 0.182. The minimum Gasteiger partial charge on any atom is -0.341 e. The van der Waals surface area contributed by atoms with Crippen LogP contribution in [0.1, 0.15) is 51.9 Å². The van der Waals surface area contributed by atoms with Crippen LogP contribution in [-0.4, -0.2) is 68.0 Å². The monoisotopic (exact) mass is 357 g/mol. The molecule has 1 atom stereocenters. The number of piperidine rings is 2. The summed E-state index contributed by atoms with van der Waals surface area (Å²) < 4.78 is 26.6. The molecule has 3 aliphatic rings. The molecular weight excluding hydrogens is 326 g/mol. The first-order valence-electron chi connectivity index (χ1n) is 9.46. The summed E-state index contributed by atoms with van der Waals surface area (Å²) in [5.41, 5.74) is 0.372. The lowest BCUT2D eigenvalue weighted by atomic mass is 9.77. The Labute approximate surface area is 146 Å². The first kappa shape index (κ1) is 18.1. The van der Waals surface area contributed by atoms with Gasteiger partial charge in [-0.1, -0.05) is 13.3 Å².